The molecule has 1 aromatic carbocycles. The van der Waals surface area contributed by atoms with Gasteiger partial charge in [-0.1, -0.05) is 0 Å². The average molecular weight is 338 g/mol. The number of aromatic nitrogens is 3. The molecule has 0 aliphatic heterocycles. The van der Waals surface area contributed by atoms with E-state index in [-0.39, 0.29) is 17.8 Å². The van der Waals surface area contributed by atoms with Crippen molar-refractivity contribution in [2.75, 3.05) is 5.32 Å². The van der Waals surface area contributed by atoms with E-state index >= 15 is 0 Å². The van der Waals surface area contributed by atoms with Crippen LogP contribution in [0.3, 0.4) is 0 Å². The van der Waals surface area contributed by atoms with Gasteiger partial charge in [0.15, 0.2) is 0 Å². The number of pyridine rings is 1. The molecule has 25 heavy (non-hydrogen) atoms. The Balaban J connectivity index is 1.80. The van der Waals surface area contributed by atoms with Gasteiger partial charge >= 0.3 is 0 Å². The number of benzene rings is 1. The summed E-state index contributed by atoms with van der Waals surface area (Å²) in [7, 11) is 0. The van der Waals surface area contributed by atoms with E-state index in [9.17, 15) is 9.18 Å². The van der Waals surface area contributed by atoms with Crippen molar-refractivity contribution in [3.05, 3.63) is 65.9 Å². The number of rotatable bonds is 4. The lowest BCUT2D eigenvalue weighted by molar-refractivity contribution is 0.102. The van der Waals surface area contributed by atoms with Crippen LogP contribution in [-0.4, -0.2) is 20.7 Å². The number of amides is 1. The zero-order valence-corrected chi connectivity index (χ0v) is 14.3. The smallest absolute Gasteiger partial charge is 0.257 e. The molecule has 2 heterocycles. The van der Waals surface area contributed by atoms with E-state index in [1.165, 1.54) is 12.1 Å². The van der Waals surface area contributed by atoms with E-state index in [2.05, 4.69) is 15.4 Å². The maximum Gasteiger partial charge on any atom is 0.257 e. The van der Waals surface area contributed by atoms with Crippen LogP contribution in [0, 0.1) is 12.7 Å². The number of aryl methyl sites for hydroxylation is 1. The van der Waals surface area contributed by atoms with Crippen molar-refractivity contribution >= 4 is 11.6 Å². The highest BCUT2D eigenvalue weighted by atomic mass is 19.1. The highest BCUT2D eigenvalue weighted by Crippen LogP contribution is 2.20. The number of nitrogens with one attached hydrogen (secondary N) is 1. The number of anilines is 1. The summed E-state index contributed by atoms with van der Waals surface area (Å²) in [6, 6.07) is 9.81. The fraction of sp³-hybridized carbons (Fsp3) is 0.211. The fourth-order valence-corrected chi connectivity index (χ4v) is 2.47. The van der Waals surface area contributed by atoms with Crippen LogP contribution in [0.4, 0.5) is 10.1 Å². The van der Waals surface area contributed by atoms with Gasteiger partial charge in [-0.2, -0.15) is 5.10 Å². The Labute approximate surface area is 145 Å². The van der Waals surface area contributed by atoms with E-state index in [0.717, 1.165) is 5.56 Å². The summed E-state index contributed by atoms with van der Waals surface area (Å²) in [6.45, 7) is 5.81. The lowest BCUT2D eigenvalue weighted by Crippen LogP contribution is -2.14. The first-order valence-electron chi connectivity index (χ1n) is 8.03. The minimum atomic E-state index is -0.293. The van der Waals surface area contributed by atoms with E-state index in [4.69, 9.17) is 0 Å². The van der Waals surface area contributed by atoms with Crippen molar-refractivity contribution in [1.82, 2.24) is 14.8 Å². The van der Waals surface area contributed by atoms with Crippen molar-refractivity contribution in [3.63, 3.8) is 0 Å². The molecule has 0 unspecified atom stereocenters. The fourth-order valence-electron chi connectivity index (χ4n) is 2.47. The SMILES string of the molecule is Cc1nc(-c2ccc(F)cc2)ccc1C(=O)Nc1cnn(C(C)C)c1. The Morgan fingerprint density at radius 2 is 1.88 bits per heavy atom. The Morgan fingerprint density at radius 3 is 2.48 bits per heavy atom. The quantitative estimate of drug-likeness (QED) is 0.774. The monoisotopic (exact) mass is 338 g/mol. The van der Waals surface area contributed by atoms with Crippen LogP contribution < -0.4 is 5.32 Å². The van der Waals surface area contributed by atoms with Crippen molar-refractivity contribution in [3.8, 4) is 11.3 Å². The third kappa shape index (κ3) is 3.74. The molecule has 3 aromatic rings. The van der Waals surface area contributed by atoms with Gasteiger partial charge in [0.1, 0.15) is 5.82 Å². The number of carbonyl (C=O) groups excluding carboxylic acids is 1. The standard InChI is InChI=1S/C19H19FN4O/c1-12(2)24-11-16(10-21-24)23-19(25)17-8-9-18(22-13(17)3)14-4-6-15(20)7-5-14/h4-12H,1-3H3,(H,23,25). The van der Waals surface area contributed by atoms with Crippen molar-refractivity contribution in [1.29, 1.82) is 0 Å². The van der Waals surface area contributed by atoms with Crippen LogP contribution in [0.1, 0.15) is 35.9 Å². The van der Waals surface area contributed by atoms with Crippen LogP contribution in [0.2, 0.25) is 0 Å². The van der Waals surface area contributed by atoms with Crippen LogP contribution >= 0.6 is 0 Å². The van der Waals surface area contributed by atoms with Crippen molar-refractivity contribution in [2.45, 2.75) is 26.8 Å². The molecule has 0 bridgehead atoms. The number of halogens is 1. The highest BCUT2D eigenvalue weighted by Gasteiger charge is 2.13. The predicted molar refractivity (Wildman–Crippen MR) is 94.9 cm³/mol. The van der Waals surface area contributed by atoms with Gasteiger partial charge in [-0.15, -0.1) is 0 Å². The first-order valence-corrected chi connectivity index (χ1v) is 8.03. The van der Waals surface area contributed by atoms with Gasteiger partial charge in [0, 0.05) is 17.8 Å². The summed E-state index contributed by atoms with van der Waals surface area (Å²) < 4.78 is 14.8. The summed E-state index contributed by atoms with van der Waals surface area (Å²) in [4.78, 5) is 16.9. The van der Waals surface area contributed by atoms with Gasteiger partial charge in [0.05, 0.1) is 28.8 Å². The number of hydrogen-bond acceptors (Lipinski definition) is 3. The van der Waals surface area contributed by atoms with E-state index in [1.54, 1.807) is 48.3 Å². The first kappa shape index (κ1) is 16.8. The Bertz CT molecular complexity index is 900. The van der Waals surface area contributed by atoms with Crippen molar-refractivity contribution in [2.24, 2.45) is 0 Å². The molecule has 128 valence electrons. The molecule has 0 atom stereocenters. The molecule has 5 nitrogen and oxygen atoms in total. The van der Waals surface area contributed by atoms with Gasteiger partial charge in [-0.25, -0.2) is 4.39 Å². The normalized spacial score (nSPS) is 10.9. The third-order valence-corrected chi connectivity index (χ3v) is 3.86. The van der Waals surface area contributed by atoms with E-state index in [1.807, 2.05) is 13.8 Å². The largest absolute Gasteiger partial charge is 0.319 e. The summed E-state index contributed by atoms with van der Waals surface area (Å²) in [5.41, 5.74) is 3.23. The summed E-state index contributed by atoms with van der Waals surface area (Å²) >= 11 is 0. The molecular weight excluding hydrogens is 319 g/mol. The summed E-state index contributed by atoms with van der Waals surface area (Å²) in [5.74, 6) is -0.530. The first-order chi connectivity index (χ1) is 11.9. The van der Waals surface area contributed by atoms with E-state index in [0.29, 0.717) is 22.6 Å². The summed E-state index contributed by atoms with van der Waals surface area (Å²) in [5, 5.41) is 7.03. The number of carbonyl (C=O) groups is 1. The lowest BCUT2D eigenvalue weighted by atomic mass is 10.1. The molecule has 0 radical (unpaired) electrons. The van der Waals surface area contributed by atoms with Gasteiger partial charge in [-0.05, 0) is 57.2 Å². The molecular formula is C19H19FN4O. The van der Waals surface area contributed by atoms with Crippen LogP contribution in [0.5, 0.6) is 0 Å². The van der Waals surface area contributed by atoms with Crippen LogP contribution in [0.15, 0.2) is 48.8 Å². The topological polar surface area (TPSA) is 59.8 Å². The Hall–Kier alpha value is -3.02. The molecule has 0 aliphatic rings. The van der Waals surface area contributed by atoms with Gasteiger partial charge in [0.2, 0.25) is 0 Å². The van der Waals surface area contributed by atoms with Crippen LogP contribution in [-0.2, 0) is 0 Å². The highest BCUT2D eigenvalue weighted by molar-refractivity contribution is 6.05. The Kier molecular flexibility index (Phi) is 4.61. The second kappa shape index (κ2) is 6.84. The zero-order chi connectivity index (χ0) is 18.0. The predicted octanol–water partition coefficient (Wildman–Crippen LogP) is 4.23. The summed E-state index contributed by atoms with van der Waals surface area (Å²) in [6.07, 6.45) is 3.41. The van der Waals surface area contributed by atoms with E-state index < -0.39 is 0 Å². The molecule has 0 saturated carbocycles. The zero-order valence-electron chi connectivity index (χ0n) is 14.3. The second-order valence-corrected chi connectivity index (χ2v) is 6.09. The molecule has 2 aromatic heterocycles. The minimum Gasteiger partial charge on any atom is -0.319 e. The van der Waals surface area contributed by atoms with Crippen molar-refractivity contribution < 1.29 is 9.18 Å². The lowest BCUT2D eigenvalue weighted by Gasteiger charge is -2.08. The molecule has 3 rings (SSSR count). The van der Waals surface area contributed by atoms with Crippen LogP contribution in [0.25, 0.3) is 11.3 Å². The average Bonchev–Trinajstić information content (AvgIpc) is 3.04. The van der Waals surface area contributed by atoms with Gasteiger partial charge < -0.3 is 5.32 Å². The van der Waals surface area contributed by atoms with Gasteiger partial charge in [0.25, 0.3) is 5.91 Å². The molecule has 0 saturated heterocycles. The third-order valence-electron chi connectivity index (χ3n) is 3.86. The maximum atomic E-state index is 13.0. The van der Waals surface area contributed by atoms with Gasteiger partial charge in [-0.3, -0.25) is 14.5 Å². The minimum absolute atomic E-state index is 0.226. The molecule has 1 N–H and O–H groups in total. The molecule has 0 aliphatic carbocycles. The molecule has 1 amide bonds. The number of nitrogens with zero attached hydrogens (tertiary/aromatic N) is 3. The second-order valence-electron chi connectivity index (χ2n) is 6.09. The molecule has 6 heteroatoms. The number of hydrogen-bond donors (Lipinski definition) is 1. The Morgan fingerprint density at radius 1 is 1.16 bits per heavy atom. The molecule has 0 fully saturated rings. The molecule has 0 spiro atoms. The maximum absolute atomic E-state index is 13.0.